The minimum Gasteiger partial charge on any atom is -0.497 e. The number of amides is 1. The summed E-state index contributed by atoms with van der Waals surface area (Å²) in [6, 6.07) is 15.8. The molecule has 1 aliphatic rings. The summed E-state index contributed by atoms with van der Waals surface area (Å²) in [5.74, 6) is 0.967. The SMILES string of the molecule is COc1ccc(C2CN(C(=O)Cc3cc4cc(Cl)ccc4[nH]3)CCN2)cc1. The first-order valence-electron chi connectivity index (χ1n) is 9.04. The first-order valence-corrected chi connectivity index (χ1v) is 9.42. The Morgan fingerprint density at radius 2 is 2.04 bits per heavy atom. The third kappa shape index (κ3) is 3.94. The molecule has 0 spiro atoms. The normalized spacial score (nSPS) is 17.3. The van der Waals surface area contributed by atoms with E-state index in [1.807, 2.05) is 53.4 Å². The molecule has 0 aliphatic carbocycles. The number of aromatic nitrogens is 1. The van der Waals surface area contributed by atoms with Crippen LogP contribution in [0.25, 0.3) is 10.9 Å². The van der Waals surface area contributed by atoms with Crippen molar-refractivity contribution in [3.63, 3.8) is 0 Å². The van der Waals surface area contributed by atoms with Crippen LogP contribution in [0.2, 0.25) is 5.02 Å². The molecule has 0 saturated carbocycles. The van der Waals surface area contributed by atoms with Gasteiger partial charge in [-0.1, -0.05) is 23.7 Å². The van der Waals surface area contributed by atoms with Crippen molar-refractivity contribution in [1.82, 2.24) is 15.2 Å². The van der Waals surface area contributed by atoms with Gasteiger partial charge in [0.25, 0.3) is 0 Å². The number of halogens is 1. The van der Waals surface area contributed by atoms with Gasteiger partial charge < -0.3 is 19.9 Å². The van der Waals surface area contributed by atoms with Crippen LogP contribution in [0.1, 0.15) is 17.3 Å². The van der Waals surface area contributed by atoms with Crippen molar-refractivity contribution in [3.8, 4) is 5.75 Å². The van der Waals surface area contributed by atoms with Gasteiger partial charge in [0.1, 0.15) is 5.75 Å². The Balaban J connectivity index is 1.44. The molecule has 1 saturated heterocycles. The average molecular weight is 384 g/mol. The lowest BCUT2D eigenvalue weighted by Crippen LogP contribution is -2.48. The molecule has 1 atom stereocenters. The summed E-state index contributed by atoms with van der Waals surface area (Å²) < 4.78 is 5.22. The van der Waals surface area contributed by atoms with Crippen LogP contribution in [0, 0.1) is 0 Å². The van der Waals surface area contributed by atoms with Crippen LogP contribution < -0.4 is 10.1 Å². The summed E-state index contributed by atoms with van der Waals surface area (Å²) in [6.07, 6.45) is 0.363. The molecule has 1 fully saturated rings. The van der Waals surface area contributed by atoms with E-state index in [0.717, 1.165) is 41.0 Å². The highest BCUT2D eigenvalue weighted by Crippen LogP contribution is 2.23. The number of nitrogens with one attached hydrogen (secondary N) is 2. The number of carbonyl (C=O) groups is 1. The number of fused-ring (bicyclic) bond motifs is 1. The monoisotopic (exact) mass is 383 g/mol. The molecule has 140 valence electrons. The zero-order chi connectivity index (χ0) is 18.8. The van der Waals surface area contributed by atoms with E-state index in [1.54, 1.807) is 7.11 Å². The highest BCUT2D eigenvalue weighted by Gasteiger charge is 2.24. The van der Waals surface area contributed by atoms with Gasteiger partial charge in [-0.2, -0.15) is 0 Å². The van der Waals surface area contributed by atoms with Gasteiger partial charge in [0, 0.05) is 47.3 Å². The largest absolute Gasteiger partial charge is 0.497 e. The number of methoxy groups -OCH3 is 1. The second-order valence-electron chi connectivity index (χ2n) is 6.82. The second-order valence-corrected chi connectivity index (χ2v) is 7.26. The molecule has 4 rings (SSSR count). The predicted octanol–water partition coefficient (Wildman–Crippen LogP) is 3.55. The molecule has 6 heteroatoms. The lowest BCUT2D eigenvalue weighted by Gasteiger charge is -2.34. The lowest BCUT2D eigenvalue weighted by molar-refractivity contribution is -0.131. The van der Waals surface area contributed by atoms with E-state index in [9.17, 15) is 4.79 Å². The van der Waals surface area contributed by atoms with Crippen molar-refractivity contribution in [1.29, 1.82) is 0 Å². The van der Waals surface area contributed by atoms with Gasteiger partial charge in [-0.05, 0) is 42.0 Å². The maximum Gasteiger partial charge on any atom is 0.228 e. The van der Waals surface area contributed by atoms with E-state index >= 15 is 0 Å². The van der Waals surface area contributed by atoms with Crippen LogP contribution in [0.15, 0.2) is 48.5 Å². The molecule has 2 heterocycles. The van der Waals surface area contributed by atoms with Crippen molar-refractivity contribution in [2.45, 2.75) is 12.5 Å². The van der Waals surface area contributed by atoms with Crippen LogP contribution in [-0.4, -0.2) is 42.5 Å². The van der Waals surface area contributed by atoms with E-state index in [0.29, 0.717) is 18.0 Å². The Bertz CT molecular complexity index is 952. The quantitative estimate of drug-likeness (QED) is 0.724. The topological polar surface area (TPSA) is 57.4 Å². The first-order chi connectivity index (χ1) is 13.1. The number of rotatable bonds is 4. The Hall–Kier alpha value is -2.50. The highest BCUT2D eigenvalue weighted by molar-refractivity contribution is 6.31. The fraction of sp³-hybridized carbons (Fsp3) is 0.286. The van der Waals surface area contributed by atoms with E-state index < -0.39 is 0 Å². The number of H-pyrrole nitrogens is 1. The summed E-state index contributed by atoms with van der Waals surface area (Å²) in [6.45, 7) is 2.17. The predicted molar refractivity (Wildman–Crippen MR) is 107 cm³/mol. The van der Waals surface area contributed by atoms with E-state index in [-0.39, 0.29) is 11.9 Å². The number of aromatic amines is 1. The maximum atomic E-state index is 12.8. The van der Waals surface area contributed by atoms with E-state index in [1.165, 1.54) is 0 Å². The summed E-state index contributed by atoms with van der Waals surface area (Å²) in [5.41, 5.74) is 3.07. The number of piperazine rings is 1. The van der Waals surface area contributed by atoms with Crippen LogP contribution >= 0.6 is 11.6 Å². The molecule has 5 nitrogen and oxygen atoms in total. The molecule has 0 radical (unpaired) electrons. The van der Waals surface area contributed by atoms with Gasteiger partial charge >= 0.3 is 0 Å². The summed E-state index contributed by atoms with van der Waals surface area (Å²) in [7, 11) is 1.66. The molecule has 3 aromatic rings. The molecule has 2 aromatic carbocycles. The number of hydrogen-bond acceptors (Lipinski definition) is 3. The van der Waals surface area contributed by atoms with Gasteiger partial charge in [0.2, 0.25) is 5.91 Å². The first kappa shape index (κ1) is 17.9. The third-order valence-corrected chi connectivity index (χ3v) is 5.26. The Morgan fingerprint density at radius 1 is 1.22 bits per heavy atom. The van der Waals surface area contributed by atoms with Gasteiger partial charge in [0.05, 0.1) is 13.5 Å². The summed E-state index contributed by atoms with van der Waals surface area (Å²) in [4.78, 5) is 18.1. The number of hydrogen-bond donors (Lipinski definition) is 2. The molecule has 27 heavy (non-hydrogen) atoms. The summed E-state index contributed by atoms with van der Waals surface area (Å²) in [5, 5.41) is 5.22. The molecule has 2 N–H and O–H groups in total. The molecule has 1 unspecified atom stereocenters. The summed E-state index contributed by atoms with van der Waals surface area (Å²) >= 11 is 6.04. The number of benzene rings is 2. The Kier molecular flexibility index (Phi) is 5.05. The molecular weight excluding hydrogens is 362 g/mol. The molecular formula is C21H22ClN3O2. The van der Waals surface area contributed by atoms with Crippen molar-refractivity contribution >= 4 is 28.4 Å². The number of ether oxygens (including phenoxy) is 1. The van der Waals surface area contributed by atoms with Gasteiger partial charge in [-0.15, -0.1) is 0 Å². The molecule has 1 aromatic heterocycles. The molecule has 1 aliphatic heterocycles. The van der Waals surface area contributed by atoms with Gasteiger partial charge in [-0.3, -0.25) is 4.79 Å². The van der Waals surface area contributed by atoms with Crippen LogP contribution in [0.5, 0.6) is 5.75 Å². The zero-order valence-electron chi connectivity index (χ0n) is 15.2. The maximum absolute atomic E-state index is 12.8. The highest BCUT2D eigenvalue weighted by atomic mass is 35.5. The lowest BCUT2D eigenvalue weighted by atomic mass is 10.0. The Morgan fingerprint density at radius 3 is 2.81 bits per heavy atom. The van der Waals surface area contributed by atoms with Crippen LogP contribution in [-0.2, 0) is 11.2 Å². The molecule has 1 amide bonds. The van der Waals surface area contributed by atoms with Gasteiger partial charge in [0.15, 0.2) is 0 Å². The molecule has 0 bridgehead atoms. The minimum atomic E-state index is 0.132. The van der Waals surface area contributed by atoms with Gasteiger partial charge in [-0.25, -0.2) is 0 Å². The Labute approximate surface area is 163 Å². The number of nitrogens with zero attached hydrogens (tertiary/aromatic N) is 1. The van der Waals surface area contributed by atoms with E-state index in [2.05, 4.69) is 10.3 Å². The standard InChI is InChI=1S/C21H22ClN3O2/c1-27-18-5-2-14(3-6-18)20-13-25(9-8-23-20)21(26)12-17-11-15-10-16(22)4-7-19(15)24-17/h2-7,10-11,20,23-24H,8-9,12-13H2,1H3. The fourth-order valence-electron chi connectivity index (χ4n) is 3.57. The van der Waals surface area contributed by atoms with Crippen molar-refractivity contribution < 1.29 is 9.53 Å². The fourth-order valence-corrected chi connectivity index (χ4v) is 3.75. The van der Waals surface area contributed by atoms with Crippen molar-refractivity contribution in [2.24, 2.45) is 0 Å². The van der Waals surface area contributed by atoms with Crippen molar-refractivity contribution in [2.75, 3.05) is 26.7 Å². The second kappa shape index (κ2) is 7.62. The zero-order valence-corrected chi connectivity index (χ0v) is 15.9. The van der Waals surface area contributed by atoms with Crippen LogP contribution in [0.4, 0.5) is 0 Å². The van der Waals surface area contributed by atoms with Crippen molar-refractivity contribution in [3.05, 3.63) is 64.8 Å². The third-order valence-electron chi connectivity index (χ3n) is 5.03. The van der Waals surface area contributed by atoms with Crippen LogP contribution in [0.3, 0.4) is 0 Å². The van der Waals surface area contributed by atoms with E-state index in [4.69, 9.17) is 16.3 Å². The average Bonchev–Trinajstić information content (AvgIpc) is 3.09. The number of carbonyl (C=O) groups excluding carboxylic acids is 1. The smallest absolute Gasteiger partial charge is 0.228 e. The minimum absolute atomic E-state index is 0.132.